The van der Waals surface area contributed by atoms with Crippen LogP contribution < -0.4 is 0 Å². The molecule has 0 aromatic heterocycles. The maximum Gasteiger partial charge on any atom is 0.362 e. The monoisotopic (exact) mass is 476 g/mol. The zero-order chi connectivity index (χ0) is 24.6. The van der Waals surface area contributed by atoms with Gasteiger partial charge in [0.2, 0.25) is 0 Å². The fraction of sp³-hybridized carbons (Fsp3) is 0.929. The number of ether oxygens (including phenoxy) is 3. The smallest absolute Gasteiger partial charge is 0.362 e. The Morgan fingerprint density at radius 3 is 1.50 bits per heavy atom. The van der Waals surface area contributed by atoms with Gasteiger partial charge in [0.05, 0.1) is 13.2 Å². The molecule has 192 valence electrons. The quantitative estimate of drug-likeness (QED) is 0.421. The molecule has 5 fully saturated rings. The van der Waals surface area contributed by atoms with Gasteiger partial charge in [-0.15, -0.1) is 0 Å². The predicted octanol–water partition coefficient (Wildman–Crippen LogP) is 4.35. The third-order valence-corrected chi connectivity index (χ3v) is 12.3. The predicted molar refractivity (Wildman–Crippen MR) is 129 cm³/mol. The molecule has 0 unspecified atom stereocenters. The highest BCUT2D eigenvalue weighted by Gasteiger charge is 2.64. The van der Waals surface area contributed by atoms with Gasteiger partial charge < -0.3 is 18.7 Å². The molecular weight excluding hydrogens is 430 g/mol. The fourth-order valence-corrected chi connectivity index (χ4v) is 8.66. The summed E-state index contributed by atoms with van der Waals surface area (Å²) in [6.45, 7) is 16.8. The van der Waals surface area contributed by atoms with Crippen molar-refractivity contribution in [2.75, 3.05) is 39.4 Å². The summed E-state index contributed by atoms with van der Waals surface area (Å²) < 4.78 is 18.3. The van der Waals surface area contributed by atoms with Crippen molar-refractivity contribution in [3.05, 3.63) is 0 Å². The summed E-state index contributed by atoms with van der Waals surface area (Å²) in [6.07, 6.45) is 6.63. The third-order valence-electron chi connectivity index (χ3n) is 12.3. The molecule has 1 heterocycles. The van der Waals surface area contributed by atoms with Crippen LogP contribution in [0.15, 0.2) is 0 Å². The standard InChI is InChI=1S/C28H46NO5/c1-25(2)19-7-9-27(25,5)21(15-19)33-23(30)17-29(11-13-32-14-12-29)18-24(31)34-22-16-20-8-10-28(22,6)26(20,3)4/h19-22H,7-18H2,1-6H3/q+1/t19-,20+,21-,22-,27+,28+/m0/s1. The van der Waals surface area contributed by atoms with Gasteiger partial charge in [0, 0.05) is 10.8 Å². The normalized spacial score (nSPS) is 43.1. The molecule has 1 aliphatic heterocycles. The van der Waals surface area contributed by atoms with E-state index in [-0.39, 0.29) is 58.9 Å². The Morgan fingerprint density at radius 1 is 0.765 bits per heavy atom. The largest absolute Gasteiger partial charge is 0.458 e. The number of carbonyl (C=O) groups is 2. The summed E-state index contributed by atoms with van der Waals surface area (Å²) >= 11 is 0. The minimum atomic E-state index is -0.169. The Labute approximate surface area is 205 Å². The molecule has 6 heteroatoms. The van der Waals surface area contributed by atoms with Gasteiger partial charge in [-0.05, 0) is 61.2 Å². The molecule has 4 aliphatic carbocycles. The van der Waals surface area contributed by atoms with Crippen molar-refractivity contribution in [3.8, 4) is 0 Å². The molecule has 4 saturated carbocycles. The molecular formula is C28H46NO5+. The van der Waals surface area contributed by atoms with E-state index >= 15 is 0 Å². The molecule has 0 aromatic rings. The van der Waals surface area contributed by atoms with Crippen LogP contribution in [0.25, 0.3) is 0 Å². The number of hydrogen-bond acceptors (Lipinski definition) is 5. The first-order chi connectivity index (χ1) is 15.8. The van der Waals surface area contributed by atoms with Gasteiger partial charge in [-0.3, -0.25) is 0 Å². The van der Waals surface area contributed by atoms with Crippen LogP contribution in [0.3, 0.4) is 0 Å². The molecule has 1 saturated heterocycles. The third kappa shape index (κ3) is 3.48. The van der Waals surface area contributed by atoms with E-state index in [1.54, 1.807) is 0 Å². The van der Waals surface area contributed by atoms with Crippen LogP contribution in [0, 0.1) is 33.5 Å². The van der Waals surface area contributed by atoms with Crippen molar-refractivity contribution in [3.63, 3.8) is 0 Å². The van der Waals surface area contributed by atoms with Gasteiger partial charge in [0.25, 0.3) is 0 Å². The summed E-state index contributed by atoms with van der Waals surface area (Å²) in [6, 6.07) is 0. The van der Waals surface area contributed by atoms with E-state index in [1.807, 2.05) is 0 Å². The highest BCUT2D eigenvalue weighted by Crippen LogP contribution is 2.67. The number of hydrogen-bond donors (Lipinski definition) is 0. The zero-order valence-electron chi connectivity index (χ0n) is 22.3. The first-order valence-electron chi connectivity index (χ1n) is 13.6. The van der Waals surface area contributed by atoms with E-state index in [0.29, 0.717) is 42.6 Å². The van der Waals surface area contributed by atoms with Crippen molar-refractivity contribution in [2.24, 2.45) is 33.5 Å². The van der Waals surface area contributed by atoms with Crippen molar-refractivity contribution in [2.45, 2.75) is 92.3 Å². The van der Waals surface area contributed by atoms with Crippen LogP contribution in [0.5, 0.6) is 0 Å². The zero-order valence-corrected chi connectivity index (χ0v) is 22.3. The van der Waals surface area contributed by atoms with E-state index < -0.39 is 0 Å². The molecule has 34 heavy (non-hydrogen) atoms. The number of fused-ring (bicyclic) bond motifs is 4. The molecule has 4 bridgehead atoms. The maximum absolute atomic E-state index is 13.2. The topological polar surface area (TPSA) is 61.8 Å². The second-order valence-electron chi connectivity index (χ2n) is 13.9. The Bertz CT molecular complexity index is 784. The molecule has 5 aliphatic rings. The lowest BCUT2D eigenvalue weighted by Gasteiger charge is -2.42. The molecule has 0 N–H and O–H groups in total. The molecule has 6 atom stereocenters. The Balaban J connectivity index is 1.23. The minimum absolute atomic E-state index is 0.0157. The number of rotatable bonds is 6. The lowest BCUT2D eigenvalue weighted by Crippen LogP contribution is -2.60. The van der Waals surface area contributed by atoms with E-state index in [9.17, 15) is 9.59 Å². The van der Waals surface area contributed by atoms with Crippen molar-refractivity contribution >= 4 is 11.9 Å². The second kappa shape index (κ2) is 7.93. The van der Waals surface area contributed by atoms with Gasteiger partial charge in [-0.25, -0.2) is 9.59 Å². The van der Waals surface area contributed by atoms with Gasteiger partial charge in [0.1, 0.15) is 25.3 Å². The first kappa shape index (κ1) is 24.5. The molecule has 0 amide bonds. The number of carbonyl (C=O) groups excluding carboxylic acids is 2. The van der Waals surface area contributed by atoms with Crippen molar-refractivity contribution < 1.29 is 28.3 Å². The summed E-state index contributed by atoms with van der Waals surface area (Å²) in [5.41, 5.74) is 0.507. The van der Waals surface area contributed by atoms with E-state index in [0.717, 1.165) is 25.7 Å². The fourth-order valence-electron chi connectivity index (χ4n) is 8.66. The Hall–Kier alpha value is -1.14. The van der Waals surface area contributed by atoms with E-state index in [2.05, 4.69) is 41.5 Å². The van der Waals surface area contributed by atoms with Crippen LogP contribution >= 0.6 is 0 Å². The Morgan fingerprint density at radius 2 is 1.18 bits per heavy atom. The van der Waals surface area contributed by atoms with Gasteiger partial charge in [0.15, 0.2) is 13.1 Å². The maximum atomic E-state index is 13.2. The second-order valence-corrected chi connectivity index (χ2v) is 13.9. The van der Waals surface area contributed by atoms with Crippen LogP contribution in [-0.2, 0) is 23.8 Å². The van der Waals surface area contributed by atoms with Crippen LogP contribution in [0.2, 0.25) is 0 Å². The number of nitrogens with zero attached hydrogens (tertiary/aromatic N) is 1. The first-order valence-corrected chi connectivity index (χ1v) is 13.6. The molecule has 0 spiro atoms. The van der Waals surface area contributed by atoms with Crippen LogP contribution in [0.4, 0.5) is 0 Å². The van der Waals surface area contributed by atoms with E-state index in [1.165, 1.54) is 12.8 Å². The lowest BCUT2D eigenvalue weighted by atomic mass is 9.70. The molecule has 0 radical (unpaired) electrons. The van der Waals surface area contributed by atoms with E-state index in [4.69, 9.17) is 14.2 Å². The highest BCUT2D eigenvalue weighted by molar-refractivity contribution is 5.73. The van der Waals surface area contributed by atoms with Crippen molar-refractivity contribution in [1.29, 1.82) is 0 Å². The van der Waals surface area contributed by atoms with Gasteiger partial charge in [-0.2, -0.15) is 0 Å². The van der Waals surface area contributed by atoms with Crippen LogP contribution in [0.1, 0.15) is 80.1 Å². The summed E-state index contributed by atoms with van der Waals surface area (Å²) in [4.78, 5) is 26.5. The van der Waals surface area contributed by atoms with Gasteiger partial charge in [-0.1, -0.05) is 41.5 Å². The SMILES string of the molecule is CC1(C)[C@@H]2CC[C@]1(C)[C@@H](OC(=O)C[N+]1(CC(=O)O[C@H]3C[C@@H]4CC[C@@]3(C)C4(C)C)CCOCC1)C2. The average molecular weight is 477 g/mol. The highest BCUT2D eigenvalue weighted by atomic mass is 16.6. The average Bonchev–Trinajstić information content (AvgIpc) is 3.26. The summed E-state index contributed by atoms with van der Waals surface area (Å²) in [7, 11) is 0. The van der Waals surface area contributed by atoms with Crippen LogP contribution in [-0.4, -0.2) is 68.0 Å². The van der Waals surface area contributed by atoms with Crippen molar-refractivity contribution in [1.82, 2.24) is 0 Å². The molecule has 5 rings (SSSR count). The molecule has 0 aromatic carbocycles. The summed E-state index contributed by atoms with van der Waals surface area (Å²) in [5, 5.41) is 0. The number of quaternary nitrogens is 1. The van der Waals surface area contributed by atoms with Gasteiger partial charge >= 0.3 is 11.9 Å². The Kier molecular flexibility index (Phi) is 5.73. The minimum Gasteiger partial charge on any atom is -0.458 e. The number of morpholine rings is 1. The molecule has 6 nitrogen and oxygen atoms in total. The summed E-state index contributed by atoms with van der Waals surface area (Å²) in [5.74, 6) is 0.919. The number of esters is 2. The lowest BCUT2D eigenvalue weighted by molar-refractivity contribution is -0.921.